The summed E-state index contributed by atoms with van der Waals surface area (Å²) in [5, 5.41) is 7.53. The van der Waals surface area contributed by atoms with Crippen LogP contribution in [0.25, 0.3) is 5.52 Å². The Morgan fingerprint density at radius 2 is 2.22 bits per heavy atom. The minimum Gasteiger partial charge on any atom is -0.444 e. The molecule has 0 spiro atoms. The molecule has 0 saturated heterocycles. The van der Waals surface area contributed by atoms with E-state index in [2.05, 4.69) is 20.4 Å². The monoisotopic (exact) mass is 243 g/mol. The van der Waals surface area contributed by atoms with Gasteiger partial charge in [-0.05, 0) is 19.9 Å². The summed E-state index contributed by atoms with van der Waals surface area (Å²) >= 11 is 0. The Bertz CT molecular complexity index is 685. The first kappa shape index (κ1) is 10.8. The van der Waals surface area contributed by atoms with Gasteiger partial charge in [0.1, 0.15) is 11.3 Å². The Balaban J connectivity index is 1.86. The predicted molar refractivity (Wildman–Crippen MR) is 66.3 cm³/mol. The normalized spacial score (nSPS) is 11.0. The largest absolute Gasteiger partial charge is 0.444 e. The fourth-order valence-corrected chi connectivity index (χ4v) is 1.82. The fourth-order valence-electron chi connectivity index (χ4n) is 1.82. The van der Waals surface area contributed by atoms with Crippen LogP contribution >= 0.6 is 0 Å². The molecular formula is C12H13N5O. The third kappa shape index (κ3) is 1.92. The van der Waals surface area contributed by atoms with Crippen LogP contribution in [0.1, 0.15) is 17.3 Å². The summed E-state index contributed by atoms with van der Waals surface area (Å²) in [4.78, 5) is 8.44. The van der Waals surface area contributed by atoms with E-state index >= 15 is 0 Å². The van der Waals surface area contributed by atoms with E-state index < -0.39 is 0 Å². The highest BCUT2D eigenvalue weighted by molar-refractivity contribution is 5.67. The lowest BCUT2D eigenvalue weighted by Crippen LogP contribution is -2.03. The van der Waals surface area contributed by atoms with E-state index in [1.165, 1.54) is 0 Å². The van der Waals surface area contributed by atoms with Crippen molar-refractivity contribution in [2.45, 2.75) is 20.4 Å². The van der Waals surface area contributed by atoms with Crippen LogP contribution < -0.4 is 5.32 Å². The molecular weight excluding hydrogens is 230 g/mol. The molecule has 0 aliphatic carbocycles. The highest BCUT2D eigenvalue weighted by atomic mass is 16.4. The van der Waals surface area contributed by atoms with E-state index in [1.807, 2.05) is 26.1 Å². The summed E-state index contributed by atoms with van der Waals surface area (Å²) in [6.45, 7) is 4.33. The van der Waals surface area contributed by atoms with E-state index in [0.717, 1.165) is 22.8 Å². The van der Waals surface area contributed by atoms with Crippen molar-refractivity contribution in [2.75, 3.05) is 5.32 Å². The maximum Gasteiger partial charge on any atom is 0.213 e. The van der Waals surface area contributed by atoms with Gasteiger partial charge in [0, 0.05) is 12.4 Å². The van der Waals surface area contributed by atoms with E-state index in [0.29, 0.717) is 12.4 Å². The molecule has 3 rings (SSSR count). The van der Waals surface area contributed by atoms with Crippen LogP contribution in [0.3, 0.4) is 0 Å². The third-order valence-corrected chi connectivity index (χ3v) is 2.59. The van der Waals surface area contributed by atoms with Crippen LogP contribution in [0.5, 0.6) is 0 Å². The molecule has 1 N–H and O–H groups in total. The molecule has 6 nitrogen and oxygen atoms in total. The second-order valence-electron chi connectivity index (χ2n) is 4.11. The number of fused-ring (bicyclic) bond motifs is 1. The molecule has 0 radical (unpaired) electrons. The Hall–Kier alpha value is -2.37. The van der Waals surface area contributed by atoms with Gasteiger partial charge in [-0.25, -0.2) is 14.5 Å². The maximum absolute atomic E-state index is 5.40. The summed E-state index contributed by atoms with van der Waals surface area (Å²) in [6.07, 6.45) is 5.24. The van der Waals surface area contributed by atoms with E-state index in [4.69, 9.17) is 4.42 Å². The molecule has 3 aromatic heterocycles. The topological polar surface area (TPSA) is 68.2 Å². The average Bonchev–Trinajstić information content (AvgIpc) is 2.91. The lowest BCUT2D eigenvalue weighted by molar-refractivity contribution is 0.479. The van der Waals surface area contributed by atoms with Gasteiger partial charge >= 0.3 is 0 Å². The number of aryl methyl sites for hydroxylation is 2. The van der Waals surface area contributed by atoms with Gasteiger partial charge in [0.05, 0.1) is 18.4 Å². The lowest BCUT2D eigenvalue weighted by Gasteiger charge is -2.04. The molecule has 0 aromatic carbocycles. The van der Waals surface area contributed by atoms with Gasteiger partial charge in [0.25, 0.3) is 0 Å². The smallest absolute Gasteiger partial charge is 0.213 e. The number of hydrogen-bond donors (Lipinski definition) is 1. The van der Waals surface area contributed by atoms with E-state index in [-0.39, 0.29) is 0 Å². The summed E-state index contributed by atoms with van der Waals surface area (Å²) in [5.41, 5.74) is 1.90. The number of nitrogens with one attached hydrogen (secondary N) is 1. The predicted octanol–water partition coefficient (Wildman–Crippen LogP) is 1.95. The molecule has 92 valence electrons. The Morgan fingerprint density at radius 3 is 3.00 bits per heavy atom. The van der Waals surface area contributed by atoms with Crippen LogP contribution in [0.15, 0.2) is 29.1 Å². The quantitative estimate of drug-likeness (QED) is 0.761. The van der Waals surface area contributed by atoms with Crippen LogP contribution in [0.2, 0.25) is 0 Å². The van der Waals surface area contributed by atoms with Crippen molar-refractivity contribution >= 4 is 11.3 Å². The lowest BCUT2D eigenvalue weighted by atomic mass is 10.4. The third-order valence-electron chi connectivity index (χ3n) is 2.59. The number of hydrogen-bond acceptors (Lipinski definition) is 5. The average molecular weight is 243 g/mol. The number of oxazole rings is 1. The van der Waals surface area contributed by atoms with Crippen LogP contribution in [-0.2, 0) is 6.54 Å². The Labute approximate surface area is 104 Å². The number of rotatable bonds is 3. The zero-order chi connectivity index (χ0) is 12.5. The molecule has 0 fully saturated rings. The first-order valence-electron chi connectivity index (χ1n) is 5.68. The van der Waals surface area contributed by atoms with Crippen molar-refractivity contribution in [2.24, 2.45) is 0 Å². The zero-order valence-electron chi connectivity index (χ0n) is 10.2. The van der Waals surface area contributed by atoms with Gasteiger partial charge in [0.15, 0.2) is 5.82 Å². The highest BCUT2D eigenvalue weighted by Crippen LogP contribution is 2.15. The second-order valence-corrected chi connectivity index (χ2v) is 4.11. The second kappa shape index (κ2) is 4.14. The first-order valence-corrected chi connectivity index (χ1v) is 5.68. The van der Waals surface area contributed by atoms with E-state index in [9.17, 15) is 0 Å². The van der Waals surface area contributed by atoms with E-state index in [1.54, 1.807) is 16.9 Å². The molecule has 0 saturated carbocycles. The maximum atomic E-state index is 5.40. The summed E-state index contributed by atoms with van der Waals surface area (Å²) < 4.78 is 7.20. The van der Waals surface area contributed by atoms with Crippen molar-refractivity contribution in [1.29, 1.82) is 0 Å². The number of aromatic nitrogens is 4. The number of nitrogens with zero attached hydrogens (tertiary/aromatic N) is 4. The molecule has 0 amide bonds. The van der Waals surface area contributed by atoms with Gasteiger partial charge in [-0.15, -0.1) is 0 Å². The standard InChI is InChI=1S/C12H13N5O/c1-8-5-10-12(13-3-4-17(10)16-8)15-7-11-14-6-9(2)18-11/h3-6H,7H2,1-2H3,(H,13,15). The van der Waals surface area contributed by atoms with Gasteiger partial charge < -0.3 is 9.73 Å². The Kier molecular flexibility index (Phi) is 2.47. The van der Waals surface area contributed by atoms with Crippen molar-refractivity contribution in [3.8, 4) is 0 Å². The molecule has 0 unspecified atom stereocenters. The molecule has 3 heterocycles. The number of anilines is 1. The van der Waals surface area contributed by atoms with Crippen molar-refractivity contribution in [3.05, 3.63) is 42.0 Å². The molecule has 6 heteroatoms. The van der Waals surface area contributed by atoms with Gasteiger partial charge in [-0.1, -0.05) is 0 Å². The fraction of sp³-hybridized carbons (Fsp3) is 0.250. The van der Waals surface area contributed by atoms with Crippen LogP contribution in [0, 0.1) is 13.8 Å². The molecule has 18 heavy (non-hydrogen) atoms. The van der Waals surface area contributed by atoms with Crippen LogP contribution in [0.4, 0.5) is 5.82 Å². The molecule has 0 atom stereocenters. The first-order chi connectivity index (χ1) is 8.72. The van der Waals surface area contributed by atoms with Crippen LogP contribution in [-0.4, -0.2) is 19.6 Å². The highest BCUT2D eigenvalue weighted by Gasteiger charge is 2.06. The SMILES string of the molecule is Cc1cc2c(NCc3ncc(C)o3)nccn2n1. The summed E-state index contributed by atoms with van der Waals surface area (Å²) in [7, 11) is 0. The van der Waals surface area contributed by atoms with Gasteiger partial charge in [0.2, 0.25) is 5.89 Å². The molecule has 3 aromatic rings. The summed E-state index contributed by atoms with van der Waals surface area (Å²) in [5.74, 6) is 2.22. The van der Waals surface area contributed by atoms with Crippen molar-refractivity contribution < 1.29 is 4.42 Å². The zero-order valence-corrected chi connectivity index (χ0v) is 10.2. The molecule has 0 aliphatic heterocycles. The van der Waals surface area contributed by atoms with Crippen molar-refractivity contribution in [3.63, 3.8) is 0 Å². The minimum absolute atomic E-state index is 0.505. The van der Waals surface area contributed by atoms with Crippen molar-refractivity contribution in [1.82, 2.24) is 19.6 Å². The Morgan fingerprint density at radius 1 is 1.33 bits per heavy atom. The van der Waals surface area contributed by atoms with Gasteiger partial charge in [-0.3, -0.25) is 0 Å². The summed E-state index contributed by atoms with van der Waals surface area (Å²) in [6, 6.07) is 1.98. The molecule has 0 aliphatic rings. The van der Waals surface area contributed by atoms with Gasteiger partial charge in [-0.2, -0.15) is 5.10 Å². The minimum atomic E-state index is 0.505. The molecule has 0 bridgehead atoms.